The number of Topliss-reactive ketones (excluding diaryl/α,β-unsaturated/α-hetero) is 2. The summed E-state index contributed by atoms with van der Waals surface area (Å²) in [5.41, 5.74) is 3.30. The molecule has 2 aliphatic heterocycles. The molecule has 2 saturated heterocycles. The zero-order valence-electron chi connectivity index (χ0n) is 38.1. The first kappa shape index (κ1) is 50.7. The van der Waals surface area contributed by atoms with Crippen LogP contribution in [0, 0.1) is 23.3 Å². The molecule has 2 fully saturated rings. The number of fused-ring (bicyclic) bond motifs is 2. The minimum atomic E-state index is -0.963. The predicted octanol–water partition coefficient (Wildman–Crippen LogP) is 1.40. The molecular weight excluding hydrogens is 912 g/mol. The average molecular weight is 963 g/mol. The fourth-order valence-electron chi connectivity index (χ4n) is 9.08. The maximum absolute atomic E-state index is 13.7. The van der Waals surface area contributed by atoms with Crippen molar-refractivity contribution < 1.29 is 73.6 Å². The Hall–Kier alpha value is -6.66. The molecule has 4 aliphatic rings. The van der Waals surface area contributed by atoms with Gasteiger partial charge in [-0.2, -0.15) is 0 Å². The molecule has 360 valence electrons. The lowest BCUT2D eigenvalue weighted by Crippen LogP contribution is -3.00. The Bertz CT molecular complexity index is 2670. The summed E-state index contributed by atoms with van der Waals surface area (Å²) in [6, 6.07) is 16.6. The molecule has 0 aromatic heterocycles. The van der Waals surface area contributed by atoms with Crippen LogP contribution in [0.1, 0.15) is 65.3 Å². The first-order valence-corrected chi connectivity index (χ1v) is 21.7. The number of halogens is 5. The molecule has 2 atom stereocenters. The van der Waals surface area contributed by atoms with Crippen molar-refractivity contribution in [1.29, 1.82) is 0 Å². The van der Waals surface area contributed by atoms with E-state index >= 15 is 0 Å². The number of amides is 7. The Kier molecular flexibility index (Phi) is 14.8. The number of quaternary nitrogens is 1. The third kappa shape index (κ3) is 11.2. The Morgan fingerprint density at radius 2 is 1.06 bits per heavy atom. The van der Waals surface area contributed by atoms with E-state index in [-0.39, 0.29) is 73.8 Å². The molecule has 2 spiro atoms. The van der Waals surface area contributed by atoms with Crippen molar-refractivity contribution in [2.75, 3.05) is 27.2 Å². The SMILES string of the molecule is CN1C(=O)NC(=O)[C@@]12Cc1ccc(CC(=O)CN(Cc3cc(F)cc(F)c3)C(=O)OC(C)(C)C)cc1C2.CN1C(=O)NC(=O)[C@@]12Cc1ccc(CC(=O)C[NH2+]Cc3cc(F)cc(F)c3)cc1C2.[Cl-]. The molecule has 2 heterocycles. The van der Waals surface area contributed by atoms with Crippen molar-refractivity contribution in [1.82, 2.24) is 25.3 Å². The van der Waals surface area contributed by atoms with E-state index in [4.69, 9.17) is 4.74 Å². The zero-order chi connectivity index (χ0) is 48.6. The van der Waals surface area contributed by atoms with Crippen LogP contribution >= 0.6 is 0 Å². The standard InChI is InChI=1S/C27H29F2N3O5.C22H21F2N3O3.ClH/c1-26(2,3)37-25(36)32(14-17-8-20(28)11-21(29)9-17)15-22(33)10-16-5-6-18-12-27(13-19(18)7-16)23(34)30-24(35)31(27)4;1-27-21(30)26-20(29)22(27)9-15-3-2-13(4-16(15)10-22)7-19(28)12-25-11-14-5-17(23)8-18(24)6-14;/h5-9,11H,10,12-15H2,1-4H3,(H,30,34,35);2-6,8,25H,7,9-12H2,1H3,(H,26,29,30);1H/t27-;22-;/m00./s1. The Morgan fingerprint density at radius 1 is 0.632 bits per heavy atom. The minimum absolute atomic E-state index is 0. The molecule has 0 radical (unpaired) electrons. The molecule has 19 heteroatoms. The van der Waals surface area contributed by atoms with Gasteiger partial charge >= 0.3 is 18.2 Å². The van der Waals surface area contributed by atoms with Crippen molar-refractivity contribution in [2.45, 2.75) is 89.1 Å². The van der Waals surface area contributed by atoms with Crippen molar-refractivity contribution in [3.8, 4) is 0 Å². The van der Waals surface area contributed by atoms with E-state index in [2.05, 4.69) is 10.6 Å². The Labute approximate surface area is 396 Å². The summed E-state index contributed by atoms with van der Waals surface area (Å²) in [6.45, 7) is 5.01. The highest BCUT2D eigenvalue weighted by Gasteiger charge is 2.55. The molecule has 2 aliphatic carbocycles. The van der Waals surface area contributed by atoms with Gasteiger partial charge in [0.1, 0.15) is 53.0 Å². The van der Waals surface area contributed by atoms with E-state index in [1.807, 2.05) is 30.3 Å². The number of nitrogens with two attached hydrogens (primary N) is 1. The summed E-state index contributed by atoms with van der Waals surface area (Å²) < 4.78 is 59.3. The van der Waals surface area contributed by atoms with Gasteiger partial charge in [0.25, 0.3) is 11.8 Å². The molecule has 7 amide bonds. The van der Waals surface area contributed by atoms with Crippen molar-refractivity contribution in [3.05, 3.63) is 141 Å². The molecule has 0 saturated carbocycles. The smallest absolute Gasteiger partial charge is 0.410 e. The molecule has 0 unspecified atom stereocenters. The Morgan fingerprint density at radius 3 is 1.49 bits per heavy atom. The van der Waals surface area contributed by atoms with Gasteiger partial charge in [-0.25, -0.2) is 31.9 Å². The van der Waals surface area contributed by atoms with E-state index in [1.54, 1.807) is 46.2 Å². The number of ether oxygens (including phenoxy) is 1. The molecule has 4 N–H and O–H groups in total. The largest absolute Gasteiger partial charge is 1.00 e. The van der Waals surface area contributed by atoms with Crippen LogP contribution in [0.4, 0.5) is 31.9 Å². The predicted molar refractivity (Wildman–Crippen MR) is 233 cm³/mol. The maximum atomic E-state index is 13.7. The minimum Gasteiger partial charge on any atom is -1.00 e. The summed E-state index contributed by atoms with van der Waals surface area (Å²) in [5, 5.41) is 6.43. The maximum Gasteiger partial charge on any atom is 0.410 e. The molecule has 4 aromatic rings. The zero-order valence-corrected chi connectivity index (χ0v) is 38.8. The third-order valence-corrected chi connectivity index (χ3v) is 12.4. The van der Waals surface area contributed by atoms with Crippen LogP contribution in [0.3, 0.4) is 0 Å². The summed E-state index contributed by atoms with van der Waals surface area (Å²) in [4.78, 5) is 90.8. The summed E-state index contributed by atoms with van der Waals surface area (Å²) in [6.07, 6.45) is 1.07. The number of hydrogen-bond acceptors (Lipinski definition) is 8. The van der Waals surface area contributed by atoms with Crippen LogP contribution in [0.15, 0.2) is 72.8 Å². The average Bonchev–Trinajstić information content (AvgIpc) is 3.92. The molecule has 0 bridgehead atoms. The van der Waals surface area contributed by atoms with E-state index < -0.39 is 58.1 Å². The van der Waals surface area contributed by atoms with E-state index in [1.165, 1.54) is 21.9 Å². The number of nitrogens with zero attached hydrogens (tertiary/aromatic N) is 3. The lowest BCUT2D eigenvalue weighted by Gasteiger charge is -2.27. The van der Waals surface area contributed by atoms with Crippen LogP contribution < -0.4 is 28.4 Å². The van der Waals surface area contributed by atoms with Crippen molar-refractivity contribution in [3.63, 3.8) is 0 Å². The lowest BCUT2D eigenvalue weighted by atomic mass is 9.94. The fraction of sp³-hybridized carbons (Fsp3) is 0.367. The second kappa shape index (κ2) is 19.9. The number of carbonyl (C=O) groups excluding carboxylic acids is 7. The fourth-order valence-corrected chi connectivity index (χ4v) is 9.08. The van der Waals surface area contributed by atoms with E-state index in [0.717, 1.165) is 57.0 Å². The van der Waals surface area contributed by atoms with Gasteiger partial charge in [0.05, 0.1) is 6.54 Å². The van der Waals surface area contributed by atoms with Crippen LogP contribution in [0.2, 0.25) is 0 Å². The molecule has 68 heavy (non-hydrogen) atoms. The molecule has 14 nitrogen and oxygen atoms in total. The number of imide groups is 2. The van der Waals surface area contributed by atoms with Crippen molar-refractivity contribution >= 4 is 41.5 Å². The monoisotopic (exact) mass is 962 g/mol. The van der Waals surface area contributed by atoms with Crippen LogP contribution in [0.25, 0.3) is 0 Å². The highest BCUT2D eigenvalue weighted by molar-refractivity contribution is 6.08. The quantitative estimate of drug-likeness (QED) is 0.141. The van der Waals surface area contributed by atoms with Gasteiger partial charge < -0.3 is 32.3 Å². The van der Waals surface area contributed by atoms with Gasteiger partial charge in [0.15, 0.2) is 11.6 Å². The van der Waals surface area contributed by atoms with Gasteiger partial charge in [-0.3, -0.25) is 34.7 Å². The van der Waals surface area contributed by atoms with E-state index in [0.29, 0.717) is 43.4 Å². The van der Waals surface area contributed by atoms with Gasteiger partial charge in [-0.15, -0.1) is 0 Å². The number of urea groups is 2. The number of nitrogens with one attached hydrogen (secondary N) is 2. The third-order valence-electron chi connectivity index (χ3n) is 12.4. The summed E-state index contributed by atoms with van der Waals surface area (Å²) >= 11 is 0. The topological polar surface area (TPSA) is 179 Å². The Balaban J connectivity index is 0.000000225. The molecule has 4 aromatic carbocycles. The van der Waals surface area contributed by atoms with Gasteiger partial charge in [0.2, 0.25) is 0 Å². The lowest BCUT2D eigenvalue weighted by molar-refractivity contribution is -0.659. The van der Waals surface area contributed by atoms with Gasteiger partial charge in [-0.1, -0.05) is 36.4 Å². The van der Waals surface area contributed by atoms with Crippen LogP contribution in [-0.4, -0.2) is 100 Å². The van der Waals surface area contributed by atoms with Crippen LogP contribution in [-0.2, 0) is 75.5 Å². The molecule has 8 rings (SSSR count). The summed E-state index contributed by atoms with van der Waals surface area (Å²) in [5.74, 6) is -3.78. The number of carbonyl (C=O) groups is 7. The number of ketones is 2. The number of rotatable bonds is 12. The highest BCUT2D eigenvalue weighted by Crippen LogP contribution is 2.39. The second-order valence-electron chi connectivity index (χ2n) is 18.6. The highest BCUT2D eigenvalue weighted by atomic mass is 35.5. The van der Waals surface area contributed by atoms with Crippen molar-refractivity contribution in [2.24, 2.45) is 0 Å². The number of likely N-dealkylation sites (N-methyl/N-ethyl adjacent to an activating group) is 2. The number of benzene rings is 4. The van der Waals surface area contributed by atoms with E-state index in [9.17, 15) is 51.1 Å². The van der Waals surface area contributed by atoms with Crippen LogP contribution in [0.5, 0.6) is 0 Å². The second-order valence-corrected chi connectivity index (χ2v) is 18.6. The number of hydrogen-bond donors (Lipinski definition) is 3. The van der Waals surface area contributed by atoms with Gasteiger partial charge in [-0.05, 0) is 84.0 Å². The first-order chi connectivity index (χ1) is 31.5. The van der Waals surface area contributed by atoms with Gasteiger partial charge in [0, 0.05) is 76.9 Å². The summed E-state index contributed by atoms with van der Waals surface area (Å²) in [7, 11) is 3.21. The normalized spacial score (nSPS) is 19.0. The molecular formula is C49H51ClF4N6O8. The first-order valence-electron chi connectivity index (χ1n) is 21.7.